The number of amides is 1. The average molecular weight is 303 g/mol. The summed E-state index contributed by atoms with van der Waals surface area (Å²) in [4.78, 5) is 15.6. The minimum absolute atomic E-state index is 0. The third-order valence-electron chi connectivity index (χ3n) is 3.57. The molecule has 0 aromatic heterocycles. The van der Waals surface area contributed by atoms with E-state index in [0.717, 1.165) is 32.7 Å². The first-order chi connectivity index (χ1) is 9.90. The van der Waals surface area contributed by atoms with Gasteiger partial charge in [-0.15, -0.1) is 0 Å². The van der Waals surface area contributed by atoms with Crippen molar-refractivity contribution in [1.82, 2.24) is 9.80 Å². The van der Waals surface area contributed by atoms with Crippen LogP contribution in [0.25, 0.3) is 0 Å². The summed E-state index contributed by atoms with van der Waals surface area (Å²) < 4.78 is 5.58. The fraction of sp³-hybridized carbons (Fsp3) is 0.938. The molecular weight excluding hydrogens is 266 g/mol. The summed E-state index contributed by atoms with van der Waals surface area (Å²) in [5.41, 5.74) is 5.26. The number of ether oxygens (including phenoxy) is 1. The van der Waals surface area contributed by atoms with Gasteiger partial charge in [0, 0.05) is 39.8 Å². The van der Waals surface area contributed by atoms with Gasteiger partial charge in [0.2, 0.25) is 5.91 Å². The van der Waals surface area contributed by atoms with Gasteiger partial charge >= 0.3 is 0 Å². The summed E-state index contributed by atoms with van der Waals surface area (Å²) in [5.74, 6) is -0.238. The van der Waals surface area contributed by atoms with Crippen molar-refractivity contribution in [3.8, 4) is 0 Å². The molecule has 1 saturated heterocycles. The van der Waals surface area contributed by atoms with E-state index in [1.807, 2.05) is 13.8 Å². The molecule has 0 spiro atoms. The van der Waals surface area contributed by atoms with Crippen LogP contribution in [0.15, 0.2) is 0 Å². The first-order valence-electron chi connectivity index (χ1n) is 8.28. The van der Waals surface area contributed by atoms with Gasteiger partial charge in [0.25, 0.3) is 0 Å². The van der Waals surface area contributed by atoms with Crippen LogP contribution in [-0.2, 0) is 9.53 Å². The van der Waals surface area contributed by atoms with Crippen LogP contribution in [0.4, 0.5) is 0 Å². The number of carbonyl (C=O) groups is 1. The van der Waals surface area contributed by atoms with Crippen LogP contribution >= 0.6 is 0 Å². The Labute approximate surface area is 132 Å². The molecule has 1 fully saturated rings. The maximum Gasteiger partial charge on any atom is 0.231 e. The number of nitrogens with two attached hydrogens (primary N) is 1. The molecule has 0 aliphatic carbocycles. The molecule has 1 amide bonds. The Hall–Kier alpha value is -0.650. The summed E-state index contributed by atoms with van der Waals surface area (Å²) in [6.07, 6.45) is 1.37. The van der Waals surface area contributed by atoms with E-state index in [9.17, 15) is 4.79 Å². The van der Waals surface area contributed by atoms with Crippen molar-refractivity contribution >= 4 is 5.91 Å². The molecular formula is C16H37N3O2. The minimum atomic E-state index is -0.238. The molecule has 0 bridgehead atoms. The van der Waals surface area contributed by atoms with Crippen molar-refractivity contribution in [3.63, 3.8) is 0 Å². The van der Waals surface area contributed by atoms with E-state index in [0.29, 0.717) is 24.7 Å². The highest BCUT2D eigenvalue weighted by atomic mass is 16.5. The lowest BCUT2D eigenvalue weighted by molar-refractivity contribution is -0.120. The summed E-state index contributed by atoms with van der Waals surface area (Å²) >= 11 is 0. The number of carbonyl (C=O) groups excluding carboxylic acids is 1. The van der Waals surface area contributed by atoms with Crippen LogP contribution in [0.1, 0.15) is 49.4 Å². The van der Waals surface area contributed by atoms with E-state index in [2.05, 4.69) is 37.5 Å². The van der Waals surface area contributed by atoms with Gasteiger partial charge in [-0.1, -0.05) is 13.8 Å². The van der Waals surface area contributed by atoms with Crippen LogP contribution < -0.4 is 5.73 Å². The first kappa shape index (κ1) is 20.3. The zero-order valence-electron chi connectivity index (χ0n) is 14.8. The van der Waals surface area contributed by atoms with Gasteiger partial charge in [-0.05, 0) is 34.1 Å². The Morgan fingerprint density at radius 3 is 2.24 bits per heavy atom. The fourth-order valence-corrected chi connectivity index (χ4v) is 2.82. The zero-order valence-corrected chi connectivity index (χ0v) is 14.8. The Morgan fingerprint density at radius 1 is 1.29 bits per heavy atom. The largest absolute Gasteiger partial charge is 0.379 e. The number of primary amides is 1. The summed E-state index contributed by atoms with van der Waals surface area (Å²) in [6.45, 7) is 16.6. The van der Waals surface area contributed by atoms with Crippen LogP contribution in [0, 0.1) is 0 Å². The lowest BCUT2D eigenvalue weighted by Crippen LogP contribution is -2.58. The molecule has 1 aliphatic rings. The Bertz CT molecular complexity index is 279. The van der Waals surface area contributed by atoms with Crippen molar-refractivity contribution in [3.05, 3.63) is 0 Å². The van der Waals surface area contributed by atoms with Gasteiger partial charge in [-0.2, -0.15) is 0 Å². The molecule has 21 heavy (non-hydrogen) atoms. The highest BCUT2D eigenvalue weighted by molar-refractivity contribution is 5.75. The molecule has 1 rings (SSSR count). The monoisotopic (exact) mass is 303 g/mol. The van der Waals surface area contributed by atoms with Gasteiger partial charge in [-0.25, -0.2) is 0 Å². The Kier molecular flexibility index (Phi) is 10.6. The number of piperazine rings is 1. The van der Waals surface area contributed by atoms with Crippen LogP contribution in [-0.4, -0.2) is 66.7 Å². The highest BCUT2D eigenvalue weighted by Crippen LogP contribution is 2.15. The van der Waals surface area contributed by atoms with Crippen molar-refractivity contribution in [1.29, 1.82) is 0 Å². The predicted molar refractivity (Wildman–Crippen MR) is 90.4 cm³/mol. The Balaban J connectivity index is 0. The molecule has 128 valence electrons. The number of nitrogens with zero attached hydrogens (tertiary/aromatic N) is 2. The second kappa shape index (κ2) is 11.0. The quantitative estimate of drug-likeness (QED) is 0.730. The summed E-state index contributed by atoms with van der Waals surface area (Å²) in [5, 5.41) is 0. The summed E-state index contributed by atoms with van der Waals surface area (Å²) in [7, 11) is 0. The molecule has 2 N–H and O–H groups in total. The van der Waals surface area contributed by atoms with E-state index in [-0.39, 0.29) is 7.33 Å². The molecule has 0 aromatic carbocycles. The van der Waals surface area contributed by atoms with Gasteiger partial charge in [0.1, 0.15) is 0 Å². The fourth-order valence-electron chi connectivity index (χ4n) is 2.82. The standard InChI is InChI=1S/C14H29N3O2.C2H6.H2/c1-11(2)19-7-5-6-17-12(3)8-16(9-13(17)4)10-14(15)18;1-2;/h11-13H,5-10H2,1-4H3,(H2,15,18);1-2H3;1H. The highest BCUT2D eigenvalue weighted by Gasteiger charge is 2.29. The normalized spacial score (nSPS) is 23.8. The minimum Gasteiger partial charge on any atom is -0.379 e. The van der Waals surface area contributed by atoms with E-state index in [1.54, 1.807) is 0 Å². The maximum absolute atomic E-state index is 11.0. The topological polar surface area (TPSA) is 58.8 Å². The zero-order chi connectivity index (χ0) is 16.4. The first-order valence-corrected chi connectivity index (χ1v) is 8.28. The molecule has 5 nitrogen and oxygen atoms in total. The molecule has 2 unspecified atom stereocenters. The summed E-state index contributed by atoms with van der Waals surface area (Å²) in [6, 6.07) is 0.921. The third-order valence-corrected chi connectivity index (χ3v) is 3.57. The van der Waals surface area contributed by atoms with Crippen molar-refractivity contribution in [2.45, 2.75) is 66.2 Å². The van der Waals surface area contributed by atoms with Crippen molar-refractivity contribution in [2.24, 2.45) is 5.73 Å². The molecule has 1 aliphatic heterocycles. The van der Waals surface area contributed by atoms with E-state index >= 15 is 0 Å². The van der Waals surface area contributed by atoms with Gasteiger partial charge in [0.15, 0.2) is 0 Å². The molecule has 5 heteroatoms. The number of hydrogen-bond acceptors (Lipinski definition) is 4. The van der Waals surface area contributed by atoms with Crippen LogP contribution in [0.3, 0.4) is 0 Å². The lowest BCUT2D eigenvalue weighted by atomic mass is 10.1. The van der Waals surface area contributed by atoms with E-state index in [1.165, 1.54) is 0 Å². The average Bonchev–Trinajstić information content (AvgIpc) is 2.38. The second-order valence-electron chi connectivity index (χ2n) is 5.87. The van der Waals surface area contributed by atoms with Crippen LogP contribution in [0.5, 0.6) is 0 Å². The molecule has 1 heterocycles. The molecule has 0 saturated carbocycles. The Morgan fingerprint density at radius 2 is 1.81 bits per heavy atom. The van der Waals surface area contributed by atoms with Crippen molar-refractivity contribution in [2.75, 3.05) is 32.8 Å². The number of hydrogen-bond donors (Lipinski definition) is 1. The van der Waals surface area contributed by atoms with Crippen LogP contribution in [0.2, 0.25) is 0 Å². The maximum atomic E-state index is 11.0. The van der Waals surface area contributed by atoms with E-state index in [4.69, 9.17) is 10.5 Å². The third kappa shape index (κ3) is 8.39. The smallest absolute Gasteiger partial charge is 0.231 e. The predicted octanol–water partition coefficient (Wildman–Crippen LogP) is 1.95. The molecule has 0 aromatic rings. The van der Waals surface area contributed by atoms with E-state index < -0.39 is 0 Å². The second-order valence-corrected chi connectivity index (χ2v) is 5.87. The van der Waals surface area contributed by atoms with Gasteiger partial charge in [0.05, 0.1) is 12.6 Å². The lowest BCUT2D eigenvalue weighted by Gasteiger charge is -2.44. The van der Waals surface area contributed by atoms with Crippen molar-refractivity contribution < 1.29 is 11.0 Å². The number of rotatable bonds is 7. The molecule has 0 radical (unpaired) electrons. The molecule has 2 atom stereocenters. The van der Waals surface area contributed by atoms with Gasteiger partial charge in [-0.3, -0.25) is 14.6 Å². The van der Waals surface area contributed by atoms with Gasteiger partial charge < -0.3 is 10.5 Å². The SMILES string of the molecule is CC.CC(C)OCCCN1C(C)CN(CC(N)=O)CC1C.[HH].